The highest BCUT2D eigenvalue weighted by molar-refractivity contribution is 7.17. The molecule has 6 heteroatoms. The Morgan fingerprint density at radius 2 is 1.83 bits per heavy atom. The average Bonchev–Trinajstić information content (AvgIpc) is 2.99. The number of aromatic nitrogens is 2. The van der Waals surface area contributed by atoms with Crippen molar-refractivity contribution >= 4 is 33.3 Å². The van der Waals surface area contributed by atoms with Crippen LogP contribution < -0.4 is 4.90 Å². The molecule has 124 valence electrons. The summed E-state index contributed by atoms with van der Waals surface area (Å²) in [6.45, 7) is 2.35. The van der Waals surface area contributed by atoms with E-state index in [-0.39, 0.29) is 12.5 Å². The zero-order valence-electron chi connectivity index (χ0n) is 14.3. The van der Waals surface area contributed by atoms with Crippen molar-refractivity contribution in [3.63, 3.8) is 0 Å². The molecule has 24 heavy (non-hydrogen) atoms. The minimum absolute atomic E-state index is 0.0383. The molecule has 0 bridgehead atoms. The highest BCUT2D eigenvalue weighted by atomic mass is 32.1. The van der Waals surface area contributed by atoms with Crippen molar-refractivity contribution in [2.45, 2.75) is 6.92 Å². The number of carbonyl (C=O) groups excluding carboxylic acids is 1. The number of benzene rings is 1. The molecular weight excluding hydrogens is 320 g/mol. The van der Waals surface area contributed by atoms with Crippen molar-refractivity contribution in [2.75, 3.05) is 32.6 Å². The van der Waals surface area contributed by atoms with E-state index in [1.54, 1.807) is 36.7 Å². The summed E-state index contributed by atoms with van der Waals surface area (Å²) in [5, 5.41) is 3.11. The molecule has 0 radical (unpaired) electrons. The van der Waals surface area contributed by atoms with Gasteiger partial charge in [0, 0.05) is 32.1 Å². The SMILES string of the molecule is Cc1ccc(-c2csc3ncnc(N(C)CC(=O)N(C)C)c23)cc1. The summed E-state index contributed by atoms with van der Waals surface area (Å²) in [7, 11) is 5.40. The third-order valence-corrected chi connectivity index (χ3v) is 4.83. The maximum Gasteiger partial charge on any atom is 0.241 e. The number of aryl methyl sites for hydroxylation is 1. The molecule has 1 amide bonds. The second-order valence-electron chi connectivity index (χ2n) is 6.04. The summed E-state index contributed by atoms with van der Waals surface area (Å²) in [5.74, 6) is 0.823. The predicted molar refractivity (Wildman–Crippen MR) is 99.6 cm³/mol. The van der Waals surface area contributed by atoms with Gasteiger partial charge in [-0.1, -0.05) is 29.8 Å². The summed E-state index contributed by atoms with van der Waals surface area (Å²) >= 11 is 1.60. The summed E-state index contributed by atoms with van der Waals surface area (Å²) in [4.78, 5) is 25.3. The Balaban J connectivity index is 2.07. The fourth-order valence-corrected chi connectivity index (χ4v) is 3.42. The Morgan fingerprint density at radius 1 is 1.12 bits per heavy atom. The maximum atomic E-state index is 12.0. The van der Waals surface area contributed by atoms with Crippen LogP contribution in [0.4, 0.5) is 5.82 Å². The number of nitrogens with zero attached hydrogens (tertiary/aromatic N) is 4. The van der Waals surface area contributed by atoms with Crippen LogP contribution in [-0.2, 0) is 4.79 Å². The fraction of sp³-hybridized carbons (Fsp3) is 0.278. The molecule has 1 aromatic carbocycles. The van der Waals surface area contributed by atoms with E-state index in [4.69, 9.17) is 0 Å². The number of anilines is 1. The van der Waals surface area contributed by atoms with Gasteiger partial charge in [0.2, 0.25) is 5.91 Å². The number of thiophene rings is 1. The van der Waals surface area contributed by atoms with Gasteiger partial charge in [-0.15, -0.1) is 11.3 Å². The molecule has 0 N–H and O–H groups in total. The van der Waals surface area contributed by atoms with Gasteiger partial charge in [-0.05, 0) is 12.5 Å². The highest BCUT2D eigenvalue weighted by Gasteiger charge is 2.18. The number of hydrogen-bond donors (Lipinski definition) is 0. The minimum atomic E-state index is 0.0383. The maximum absolute atomic E-state index is 12.0. The van der Waals surface area contributed by atoms with Gasteiger partial charge < -0.3 is 9.80 Å². The lowest BCUT2D eigenvalue weighted by molar-refractivity contribution is -0.127. The summed E-state index contributed by atoms with van der Waals surface area (Å²) in [6, 6.07) is 8.42. The third-order valence-electron chi connectivity index (χ3n) is 3.95. The normalized spacial score (nSPS) is 10.8. The van der Waals surface area contributed by atoms with E-state index in [1.807, 2.05) is 11.9 Å². The Kier molecular flexibility index (Phi) is 4.49. The summed E-state index contributed by atoms with van der Waals surface area (Å²) in [5.41, 5.74) is 3.47. The molecule has 5 nitrogen and oxygen atoms in total. The second kappa shape index (κ2) is 6.57. The van der Waals surface area contributed by atoms with Gasteiger partial charge >= 0.3 is 0 Å². The smallest absolute Gasteiger partial charge is 0.241 e. The van der Waals surface area contributed by atoms with E-state index in [0.717, 1.165) is 27.2 Å². The molecule has 0 saturated heterocycles. The van der Waals surface area contributed by atoms with E-state index in [1.165, 1.54) is 5.56 Å². The first-order valence-corrected chi connectivity index (χ1v) is 8.56. The molecule has 3 rings (SSSR count). The largest absolute Gasteiger partial charge is 0.350 e. The van der Waals surface area contributed by atoms with Crippen LogP contribution in [0, 0.1) is 6.92 Å². The van der Waals surface area contributed by atoms with Gasteiger partial charge in [-0.25, -0.2) is 9.97 Å². The summed E-state index contributed by atoms with van der Waals surface area (Å²) in [6.07, 6.45) is 1.56. The molecule has 3 aromatic rings. The van der Waals surface area contributed by atoms with Crippen molar-refractivity contribution in [3.05, 3.63) is 41.5 Å². The highest BCUT2D eigenvalue weighted by Crippen LogP contribution is 2.37. The van der Waals surface area contributed by atoms with Crippen LogP contribution in [0.15, 0.2) is 36.0 Å². The van der Waals surface area contributed by atoms with Crippen LogP contribution >= 0.6 is 11.3 Å². The third kappa shape index (κ3) is 3.10. The summed E-state index contributed by atoms with van der Waals surface area (Å²) < 4.78 is 0. The van der Waals surface area contributed by atoms with Gasteiger partial charge in [0.15, 0.2) is 0 Å². The lowest BCUT2D eigenvalue weighted by Crippen LogP contribution is -2.34. The molecule has 0 atom stereocenters. The van der Waals surface area contributed by atoms with Crippen molar-refractivity contribution in [1.82, 2.24) is 14.9 Å². The Bertz CT molecular complexity index is 870. The molecule has 0 unspecified atom stereocenters. The standard InChI is InChI=1S/C18H20N4OS/c1-12-5-7-13(8-6-12)14-10-24-18-16(14)17(19-11-20-18)22(4)9-15(23)21(2)3/h5-8,10-11H,9H2,1-4H3. The molecular formula is C18H20N4OS. The van der Waals surface area contributed by atoms with Crippen molar-refractivity contribution in [3.8, 4) is 11.1 Å². The van der Waals surface area contributed by atoms with Crippen LogP contribution in [0.25, 0.3) is 21.3 Å². The number of amides is 1. The minimum Gasteiger partial charge on any atom is -0.350 e. The number of hydrogen-bond acceptors (Lipinski definition) is 5. The number of fused-ring (bicyclic) bond motifs is 1. The first-order valence-electron chi connectivity index (χ1n) is 7.68. The van der Waals surface area contributed by atoms with Gasteiger partial charge in [0.25, 0.3) is 0 Å². The van der Waals surface area contributed by atoms with Gasteiger partial charge in [0.05, 0.1) is 11.9 Å². The predicted octanol–water partition coefficient (Wildman–Crippen LogP) is 3.19. The quantitative estimate of drug-likeness (QED) is 0.732. The molecule has 2 heterocycles. The van der Waals surface area contributed by atoms with Crippen molar-refractivity contribution in [2.24, 2.45) is 0 Å². The van der Waals surface area contributed by atoms with Gasteiger partial charge in [-0.2, -0.15) is 0 Å². The second-order valence-corrected chi connectivity index (χ2v) is 6.90. The molecule has 0 aliphatic carbocycles. The van der Waals surface area contributed by atoms with Crippen molar-refractivity contribution < 1.29 is 4.79 Å². The number of likely N-dealkylation sites (N-methyl/N-ethyl adjacent to an activating group) is 2. The molecule has 2 aromatic heterocycles. The Morgan fingerprint density at radius 3 is 2.50 bits per heavy atom. The molecule has 0 fully saturated rings. The molecule has 0 spiro atoms. The van der Waals surface area contributed by atoms with Crippen LogP contribution in [0.1, 0.15) is 5.56 Å². The van der Waals surface area contributed by atoms with E-state index in [9.17, 15) is 4.79 Å². The van der Waals surface area contributed by atoms with Crippen LogP contribution in [0.2, 0.25) is 0 Å². The first kappa shape index (κ1) is 16.4. The molecule has 0 aliphatic heterocycles. The number of rotatable bonds is 4. The lowest BCUT2D eigenvalue weighted by Gasteiger charge is -2.21. The monoisotopic (exact) mass is 340 g/mol. The van der Waals surface area contributed by atoms with Crippen LogP contribution in [-0.4, -0.2) is 48.5 Å². The van der Waals surface area contributed by atoms with Gasteiger partial charge in [-0.3, -0.25) is 4.79 Å². The van der Waals surface area contributed by atoms with Crippen LogP contribution in [0.5, 0.6) is 0 Å². The van der Waals surface area contributed by atoms with E-state index < -0.39 is 0 Å². The molecule has 0 saturated carbocycles. The van der Waals surface area contributed by atoms with Crippen LogP contribution in [0.3, 0.4) is 0 Å². The van der Waals surface area contributed by atoms with Gasteiger partial charge in [0.1, 0.15) is 17.0 Å². The van der Waals surface area contributed by atoms with E-state index >= 15 is 0 Å². The van der Waals surface area contributed by atoms with E-state index in [0.29, 0.717) is 0 Å². The zero-order chi connectivity index (χ0) is 17.3. The first-order chi connectivity index (χ1) is 11.5. The molecule has 0 aliphatic rings. The topological polar surface area (TPSA) is 49.3 Å². The number of carbonyl (C=O) groups is 1. The lowest BCUT2D eigenvalue weighted by atomic mass is 10.0. The zero-order valence-corrected chi connectivity index (χ0v) is 15.1. The van der Waals surface area contributed by atoms with Crippen molar-refractivity contribution in [1.29, 1.82) is 0 Å². The Hall–Kier alpha value is -2.47. The average molecular weight is 340 g/mol. The van der Waals surface area contributed by atoms with E-state index in [2.05, 4.69) is 46.5 Å². The fourth-order valence-electron chi connectivity index (χ4n) is 2.51. The Labute approximate surface area is 145 Å².